The maximum absolute atomic E-state index is 13.1. The summed E-state index contributed by atoms with van der Waals surface area (Å²) in [7, 11) is 0. The van der Waals surface area contributed by atoms with Gasteiger partial charge in [-0.1, -0.05) is 44.8 Å². The van der Waals surface area contributed by atoms with Crippen LogP contribution in [0.2, 0.25) is 0 Å². The molecule has 0 N–H and O–H groups in total. The molecule has 24 heavy (non-hydrogen) atoms. The second-order valence-electron chi connectivity index (χ2n) is 7.68. The first-order valence-electron chi connectivity index (χ1n) is 9.50. The molecular weight excluding hydrogens is 306 g/mol. The summed E-state index contributed by atoms with van der Waals surface area (Å²) in [6.07, 6.45) is 11.3. The molecule has 2 saturated heterocycles. The Bertz CT molecular complexity index is 554. The second kappa shape index (κ2) is 6.17. The number of unbranched alkanes of at least 4 members (excludes halogenated alkanes) is 1. The standard InChI is InChI=1S/C19H27NO4/c1-2-3-11-23-18(22)15-14-9-10-19(24-14)12-20(17(21)16(15)19)13-7-5-4-6-8-13/h9-10,13-16H,2-8,11-12H2,1H3. The monoisotopic (exact) mass is 333 g/mol. The number of carbonyl (C=O) groups is 2. The summed E-state index contributed by atoms with van der Waals surface area (Å²) >= 11 is 0. The van der Waals surface area contributed by atoms with Crippen LogP contribution in [0.25, 0.3) is 0 Å². The first kappa shape index (κ1) is 16.1. The highest BCUT2D eigenvalue weighted by Gasteiger charge is 2.67. The smallest absolute Gasteiger partial charge is 0.312 e. The van der Waals surface area contributed by atoms with Crippen LogP contribution in [0.4, 0.5) is 0 Å². The third-order valence-corrected chi connectivity index (χ3v) is 6.16. The maximum atomic E-state index is 13.1. The van der Waals surface area contributed by atoms with Gasteiger partial charge in [0.1, 0.15) is 11.5 Å². The van der Waals surface area contributed by atoms with E-state index in [-0.39, 0.29) is 23.9 Å². The largest absolute Gasteiger partial charge is 0.465 e. The van der Waals surface area contributed by atoms with Gasteiger partial charge in [-0.2, -0.15) is 0 Å². The Morgan fingerprint density at radius 2 is 2.17 bits per heavy atom. The van der Waals surface area contributed by atoms with Crippen molar-refractivity contribution in [1.82, 2.24) is 4.90 Å². The van der Waals surface area contributed by atoms with Crippen LogP contribution < -0.4 is 0 Å². The lowest BCUT2D eigenvalue weighted by Gasteiger charge is -2.32. The van der Waals surface area contributed by atoms with Gasteiger partial charge in [0.15, 0.2) is 0 Å². The molecule has 132 valence electrons. The topological polar surface area (TPSA) is 55.8 Å². The lowest BCUT2D eigenvalue weighted by Crippen LogP contribution is -2.42. The van der Waals surface area contributed by atoms with E-state index >= 15 is 0 Å². The highest BCUT2D eigenvalue weighted by molar-refractivity contribution is 5.91. The van der Waals surface area contributed by atoms with Gasteiger partial charge in [-0.25, -0.2) is 0 Å². The summed E-state index contributed by atoms with van der Waals surface area (Å²) in [5.41, 5.74) is -0.590. The average Bonchev–Trinajstić information content (AvgIpc) is 3.24. The number of rotatable bonds is 5. The second-order valence-corrected chi connectivity index (χ2v) is 7.68. The van der Waals surface area contributed by atoms with Crippen molar-refractivity contribution in [2.24, 2.45) is 11.8 Å². The van der Waals surface area contributed by atoms with Crippen LogP contribution in [0.5, 0.6) is 0 Å². The molecule has 3 aliphatic heterocycles. The molecule has 5 heteroatoms. The molecule has 3 heterocycles. The molecule has 1 saturated carbocycles. The molecule has 0 radical (unpaired) electrons. The van der Waals surface area contributed by atoms with E-state index in [2.05, 4.69) is 6.92 Å². The maximum Gasteiger partial charge on any atom is 0.312 e. The summed E-state index contributed by atoms with van der Waals surface area (Å²) < 4.78 is 11.6. The quantitative estimate of drug-likeness (QED) is 0.440. The van der Waals surface area contributed by atoms with Crippen molar-refractivity contribution in [2.75, 3.05) is 13.2 Å². The van der Waals surface area contributed by atoms with Crippen molar-refractivity contribution in [1.29, 1.82) is 0 Å². The Balaban J connectivity index is 1.52. The van der Waals surface area contributed by atoms with E-state index in [4.69, 9.17) is 9.47 Å². The van der Waals surface area contributed by atoms with Crippen molar-refractivity contribution in [3.8, 4) is 0 Å². The van der Waals surface area contributed by atoms with E-state index in [1.165, 1.54) is 19.3 Å². The molecule has 3 fully saturated rings. The van der Waals surface area contributed by atoms with Gasteiger partial charge < -0.3 is 14.4 Å². The number of fused-ring (bicyclic) bond motifs is 1. The van der Waals surface area contributed by atoms with E-state index in [1.54, 1.807) is 0 Å². The Morgan fingerprint density at radius 3 is 2.92 bits per heavy atom. The lowest BCUT2D eigenvalue weighted by atomic mass is 9.77. The van der Waals surface area contributed by atoms with Gasteiger partial charge >= 0.3 is 5.97 Å². The number of esters is 1. The molecule has 1 spiro atoms. The Hall–Kier alpha value is -1.36. The highest BCUT2D eigenvalue weighted by Crippen LogP contribution is 2.53. The molecule has 0 aromatic rings. The van der Waals surface area contributed by atoms with Gasteiger partial charge in [0.05, 0.1) is 25.2 Å². The number of ether oxygens (including phenoxy) is 2. The number of hydrogen-bond donors (Lipinski definition) is 0. The third-order valence-electron chi connectivity index (χ3n) is 6.16. The molecule has 4 aliphatic rings. The number of amides is 1. The van der Waals surface area contributed by atoms with Gasteiger partial charge in [-0.05, 0) is 19.3 Å². The molecule has 4 rings (SSSR count). The Labute approximate surface area is 143 Å². The van der Waals surface area contributed by atoms with Gasteiger partial charge in [-0.15, -0.1) is 0 Å². The fraction of sp³-hybridized carbons (Fsp3) is 0.789. The third kappa shape index (κ3) is 2.40. The van der Waals surface area contributed by atoms with E-state index in [0.29, 0.717) is 19.2 Å². The molecule has 4 unspecified atom stereocenters. The molecular formula is C19H27NO4. The van der Waals surface area contributed by atoms with Crippen LogP contribution in [0.3, 0.4) is 0 Å². The number of hydrogen-bond acceptors (Lipinski definition) is 4. The number of carbonyl (C=O) groups excluding carboxylic acids is 2. The average molecular weight is 333 g/mol. The fourth-order valence-corrected chi connectivity index (χ4v) is 4.91. The predicted octanol–water partition coefficient (Wildman–Crippen LogP) is 2.44. The predicted molar refractivity (Wildman–Crippen MR) is 88.2 cm³/mol. The number of nitrogens with zero attached hydrogens (tertiary/aromatic N) is 1. The van der Waals surface area contributed by atoms with Gasteiger partial charge in [0.25, 0.3) is 0 Å². The normalized spacial score (nSPS) is 38.0. The summed E-state index contributed by atoms with van der Waals surface area (Å²) in [4.78, 5) is 27.7. The highest BCUT2D eigenvalue weighted by atomic mass is 16.6. The minimum Gasteiger partial charge on any atom is -0.465 e. The zero-order valence-electron chi connectivity index (χ0n) is 14.4. The van der Waals surface area contributed by atoms with E-state index in [0.717, 1.165) is 25.7 Å². The lowest BCUT2D eigenvalue weighted by molar-refractivity contribution is -0.154. The SMILES string of the molecule is CCCCOC(=O)C1C2C=CC3(CN(C4CCCCC4)C(=O)C13)O2. The molecule has 1 amide bonds. The molecule has 2 bridgehead atoms. The van der Waals surface area contributed by atoms with Crippen molar-refractivity contribution in [2.45, 2.75) is 69.6 Å². The van der Waals surface area contributed by atoms with Crippen LogP contribution in [-0.4, -0.2) is 47.7 Å². The summed E-state index contributed by atoms with van der Waals surface area (Å²) in [6.45, 7) is 3.10. The van der Waals surface area contributed by atoms with Crippen molar-refractivity contribution in [3.05, 3.63) is 12.2 Å². The van der Waals surface area contributed by atoms with E-state index in [1.807, 2.05) is 17.1 Å². The van der Waals surface area contributed by atoms with Gasteiger partial charge in [-0.3, -0.25) is 9.59 Å². The molecule has 1 aliphatic carbocycles. The minimum absolute atomic E-state index is 0.103. The molecule has 0 aromatic carbocycles. The fourth-order valence-electron chi connectivity index (χ4n) is 4.91. The first-order chi connectivity index (χ1) is 11.7. The first-order valence-corrected chi connectivity index (χ1v) is 9.50. The summed E-state index contributed by atoms with van der Waals surface area (Å²) in [6, 6.07) is 0.319. The Kier molecular flexibility index (Phi) is 4.15. The van der Waals surface area contributed by atoms with E-state index in [9.17, 15) is 9.59 Å². The van der Waals surface area contributed by atoms with E-state index < -0.39 is 11.5 Å². The van der Waals surface area contributed by atoms with Crippen LogP contribution >= 0.6 is 0 Å². The van der Waals surface area contributed by atoms with Gasteiger partial charge in [0.2, 0.25) is 5.91 Å². The zero-order chi connectivity index (χ0) is 16.7. The Morgan fingerprint density at radius 1 is 1.38 bits per heavy atom. The van der Waals surface area contributed by atoms with Crippen LogP contribution in [0.15, 0.2) is 12.2 Å². The summed E-state index contributed by atoms with van der Waals surface area (Å²) in [5, 5.41) is 0. The van der Waals surface area contributed by atoms with Gasteiger partial charge in [0, 0.05) is 6.04 Å². The van der Waals surface area contributed by atoms with Crippen LogP contribution in [-0.2, 0) is 19.1 Å². The number of likely N-dealkylation sites (tertiary alicyclic amines) is 1. The van der Waals surface area contributed by atoms with Crippen molar-refractivity contribution < 1.29 is 19.1 Å². The van der Waals surface area contributed by atoms with Crippen LogP contribution in [0.1, 0.15) is 51.9 Å². The minimum atomic E-state index is -0.590. The van der Waals surface area contributed by atoms with Crippen LogP contribution in [0, 0.1) is 11.8 Å². The zero-order valence-corrected chi connectivity index (χ0v) is 14.4. The summed E-state index contributed by atoms with van der Waals surface area (Å²) in [5.74, 6) is -1.01. The molecule has 0 aromatic heterocycles. The molecule has 5 nitrogen and oxygen atoms in total. The van der Waals surface area contributed by atoms with Crippen molar-refractivity contribution >= 4 is 11.9 Å². The molecule has 4 atom stereocenters. The van der Waals surface area contributed by atoms with Crippen molar-refractivity contribution in [3.63, 3.8) is 0 Å².